The van der Waals surface area contributed by atoms with Crippen LogP contribution in [0.4, 0.5) is 0 Å². The monoisotopic (exact) mass is 301 g/mol. The molecule has 0 aromatic carbocycles. The van der Waals surface area contributed by atoms with Crippen molar-refractivity contribution in [2.45, 2.75) is 13.1 Å². The van der Waals surface area contributed by atoms with Crippen LogP contribution >= 0.6 is 22.7 Å². The smallest absolute Gasteiger partial charge is 0.124 e. The van der Waals surface area contributed by atoms with Crippen LogP contribution in [-0.2, 0) is 13.1 Å². The van der Waals surface area contributed by atoms with E-state index in [-0.39, 0.29) is 0 Å². The van der Waals surface area contributed by atoms with Crippen molar-refractivity contribution in [3.05, 3.63) is 58.0 Å². The molecule has 3 heterocycles. The van der Waals surface area contributed by atoms with Gasteiger partial charge in [-0.25, -0.2) is 4.98 Å². The minimum Gasteiger partial charge on any atom is -0.296 e. The molecule has 0 amide bonds. The number of nitrogens with zero attached hydrogens (tertiary/aromatic N) is 3. The van der Waals surface area contributed by atoms with Gasteiger partial charge in [0.15, 0.2) is 0 Å². The van der Waals surface area contributed by atoms with Crippen LogP contribution in [0.2, 0.25) is 0 Å². The van der Waals surface area contributed by atoms with Crippen molar-refractivity contribution in [1.82, 2.24) is 14.9 Å². The maximum atomic E-state index is 4.71. The lowest BCUT2D eigenvalue weighted by molar-refractivity contribution is 0.316. The Balaban J connectivity index is 1.63. The van der Waals surface area contributed by atoms with E-state index in [2.05, 4.69) is 39.1 Å². The summed E-state index contributed by atoms with van der Waals surface area (Å²) in [4.78, 5) is 11.0. The Morgan fingerprint density at radius 1 is 1.10 bits per heavy atom. The van der Waals surface area contributed by atoms with Gasteiger partial charge in [0, 0.05) is 41.8 Å². The molecule has 5 heteroatoms. The van der Waals surface area contributed by atoms with Crippen molar-refractivity contribution in [2.24, 2.45) is 0 Å². The predicted molar refractivity (Wildman–Crippen MR) is 84.8 cm³/mol. The van der Waals surface area contributed by atoms with E-state index in [9.17, 15) is 0 Å². The first-order valence-corrected chi connectivity index (χ1v) is 8.18. The quantitative estimate of drug-likeness (QED) is 0.715. The maximum Gasteiger partial charge on any atom is 0.124 e. The predicted octanol–water partition coefficient (Wildman–Crippen LogP) is 3.90. The number of hydrogen-bond acceptors (Lipinski definition) is 5. The zero-order chi connectivity index (χ0) is 13.8. The SMILES string of the molecule is CN(Cc1ccncc1)Cc1csc(-c2ccsc2)n1. The van der Waals surface area contributed by atoms with E-state index in [0.29, 0.717) is 0 Å². The lowest BCUT2D eigenvalue weighted by Gasteiger charge is -2.14. The normalized spacial score (nSPS) is 11.1. The summed E-state index contributed by atoms with van der Waals surface area (Å²) in [7, 11) is 2.12. The molecule has 0 aliphatic carbocycles. The van der Waals surface area contributed by atoms with E-state index in [1.807, 2.05) is 24.5 Å². The molecule has 3 aromatic heterocycles. The molecular formula is C15H15N3S2. The molecule has 0 aliphatic heterocycles. The van der Waals surface area contributed by atoms with Gasteiger partial charge >= 0.3 is 0 Å². The fourth-order valence-electron chi connectivity index (χ4n) is 2.03. The van der Waals surface area contributed by atoms with Gasteiger partial charge in [0.2, 0.25) is 0 Å². The molecule has 0 aliphatic rings. The lowest BCUT2D eigenvalue weighted by Crippen LogP contribution is -2.17. The summed E-state index contributed by atoms with van der Waals surface area (Å²) >= 11 is 3.42. The molecule has 3 rings (SSSR count). The second-order valence-corrected chi connectivity index (χ2v) is 6.32. The molecule has 20 heavy (non-hydrogen) atoms. The lowest BCUT2D eigenvalue weighted by atomic mass is 10.2. The third-order valence-corrected chi connectivity index (χ3v) is 4.58. The highest BCUT2D eigenvalue weighted by molar-refractivity contribution is 7.14. The van der Waals surface area contributed by atoms with Crippen LogP contribution in [0.3, 0.4) is 0 Å². The van der Waals surface area contributed by atoms with E-state index in [4.69, 9.17) is 4.98 Å². The molecule has 0 N–H and O–H groups in total. The van der Waals surface area contributed by atoms with Gasteiger partial charge in [-0.1, -0.05) is 0 Å². The molecule has 0 spiro atoms. The highest BCUT2D eigenvalue weighted by Gasteiger charge is 2.07. The molecule has 0 fully saturated rings. The summed E-state index contributed by atoms with van der Waals surface area (Å²) in [6, 6.07) is 6.22. The summed E-state index contributed by atoms with van der Waals surface area (Å²) < 4.78 is 0. The highest BCUT2D eigenvalue weighted by atomic mass is 32.1. The molecule has 0 saturated carbocycles. The Morgan fingerprint density at radius 3 is 2.70 bits per heavy atom. The van der Waals surface area contributed by atoms with Crippen molar-refractivity contribution in [2.75, 3.05) is 7.05 Å². The van der Waals surface area contributed by atoms with Gasteiger partial charge in [-0.3, -0.25) is 9.88 Å². The van der Waals surface area contributed by atoms with Crippen molar-refractivity contribution < 1.29 is 0 Å². The average molecular weight is 301 g/mol. The van der Waals surface area contributed by atoms with Gasteiger partial charge in [0.05, 0.1) is 5.69 Å². The number of pyridine rings is 1. The molecular weight excluding hydrogens is 286 g/mol. The summed E-state index contributed by atoms with van der Waals surface area (Å²) in [6.45, 7) is 1.77. The Morgan fingerprint density at radius 2 is 1.95 bits per heavy atom. The topological polar surface area (TPSA) is 29.0 Å². The van der Waals surface area contributed by atoms with Crippen LogP contribution in [0.15, 0.2) is 46.7 Å². The van der Waals surface area contributed by atoms with Crippen LogP contribution in [0.25, 0.3) is 10.6 Å². The van der Waals surface area contributed by atoms with Gasteiger partial charge in [-0.15, -0.1) is 11.3 Å². The van der Waals surface area contributed by atoms with E-state index in [0.717, 1.165) is 23.8 Å². The molecule has 102 valence electrons. The van der Waals surface area contributed by atoms with Gasteiger partial charge in [0.1, 0.15) is 5.01 Å². The minimum atomic E-state index is 0.864. The van der Waals surface area contributed by atoms with Crippen LogP contribution in [0.1, 0.15) is 11.3 Å². The van der Waals surface area contributed by atoms with Crippen LogP contribution in [0, 0.1) is 0 Å². The second kappa shape index (κ2) is 6.26. The number of aromatic nitrogens is 2. The Hall–Kier alpha value is -1.56. The zero-order valence-electron chi connectivity index (χ0n) is 11.2. The molecule has 3 aromatic rings. The number of hydrogen-bond donors (Lipinski definition) is 0. The number of thiophene rings is 1. The first kappa shape index (κ1) is 13.4. The van der Waals surface area contributed by atoms with Crippen molar-refractivity contribution in [1.29, 1.82) is 0 Å². The molecule has 0 bridgehead atoms. The van der Waals surface area contributed by atoms with Gasteiger partial charge in [0.25, 0.3) is 0 Å². The first-order valence-electron chi connectivity index (χ1n) is 6.35. The van der Waals surface area contributed by atoms with Gasteiger partial charge < -0.3 is 0 Å². The first-order chi connectivity index (χ1) is 9.81. The minimum absolute atomic E-state index is 0.864. The van der Waals surface area contributed by atoms with Crippen LogP contribution in [0.5, 0.6) is 0 Å². The fourth-order valence-corrected chi connectivity index (χ4v) is 3.55. The fraction of sp³-hybridized carbons (Fsp3) is 0.200. The van der Waals surface area contributed by atoms with E-state index < -0.39 is 0 Å². The van der Waals surface area contributed by atoms with Crippen LogP contribution < -0.4 is 0 Å². The van der Waals surface area contributed by atoms with Gasteiger partial charge in [-0.2, -0.15) is 11.3 Å². The largest absolute Gasteiger partial charge is 0.296 e. The molecule has 0 atom stereocenters. The Labute approximate surface area is 126 Å². The van der Waals surface area contributed by atoms with E-state index in [1.165, 1.54) is 11.1 Å². The van der Waals surface area contributed by atoms with E-state index >= 15 is 0 Å². The average Bonchev–Trinajstić information content (AvgIpc) is 3.10. The number of thiazole rings is 1. The standard InChI is InChI=1S/C15H15N3S2/c1-18(8-12-2-5-16-6-3-12)9-14-11-20-15(17-14)13-4-7-19-10-13/h2-7,10-11H,8-9H2,1H3. The van der Waals surface area contributed by atoms with E-state index in [1.54, 1.807) is 22.7 Å². The van der Waals surface area contributed by atoms with Gasteiger partial charge in [-0.05, 0) is 36.2 Å². The summed E-state index contributed by atoms with van der Waals surface area (Å²) in [5, 5.41) is 7.49. The van der Waals surface area contributed by atoms with Crippen molar-refractivity contribution >= 4 is 22.7 Å². The zero-order valence-corrected chi connectivity index (χ0v) is 12.8. The molecule has 3 nitrogen and oxygen atoms in total. The van der Waals surface area contributed by atoms with Crippen molar-refractivity contribution in [3.63, 3.8) is 0 Å². The molecule has 0 radical (unpaired) electrons. The Bertz CT molecular complexity index is 647. The van der Waals surface area contributed by atoms with Crippen molar-refractivity contribution in [3.8, 4) is 10.6 Å². The third-order valence-electron chi connectivity index (χ3n) is 2.95. The summed E-state index contributed by atoms with van der Waals surface area (Å²) in [5.41, 5.74) is 3.63. The maximum absolute atomic E-state index is 4.71. The van der Waals surface area contributed by atoms with Crippen LogP contribution in [-0.4, -0.2) is 21.9 Å². The summed E-state index contributed by atoms with van der Waals surface area (Å²) in [5.74, 6) is 0. The third kappa shape index (κ3) is 3.30. The molecule has 0 saturated heterocycles. The number of rotatable bonds is 5. The highest BCUT2D eigenvalue weighted by Crippen LogP contribution is 2.26. The Kier molecular flexibility index (Phi) is 4.20. The molecule has 0 unspecified atom stereocenters. The second-order valence-electron chi connectivity index (χ2n) is 4.68. The summed E-state index contributed by atoms with van der Waals surface area (Å²) in [6.07, 6.45) is 3.67.